The molecule has 152 valence electrons. The minimum Gasteiger partial charge on any atom is -0.323 e. The molecule has 0 bridgehead atoms. The molecule has 8 heteroatoms. The predicted octanol–water partition coefficient (Wildman–Crippen LogP) is 3.57. The van der Waals surface area contributed by atoms with Crippen molar-refractivity contribution >= 4 is 35.1 Å². The molecule has 0 atom stereocenters. The highest BCUT2D eigenvalue weighted by Crippen LogP contribution is 2.36. The van der Waals surface area contributed by atoms with Gasteiger partial charge in [0.05, 0.1) is 11.4 Å². The predicted molar refractivity (Wildman–Crippen MR) is 110 cm³/mol. The fourth-order valence-electron chi connectivity index (χ4n) is 4.07. The van der Waals surface area contributed by atoms with E-state index in [0.717, 1.165) is 17.7 Å². The van der Waals surface area contributed by atoms with Crippen LogP contribution in [0.3, 0.4) is 0 Å². The second-order valence-electron chi connectivity index (χ2n) is 7.89. The van der Waals surface area contributed by atoms with Gasteiger partial charge in [-0.05, 0) is 61.9 Å². The number of carbonyl (C=O) groups excluding carboxylic acids is 3. The number of hydrogen-bond acceptors (Lipinski definition) is 3. The maximum absolute atomic E-state index is 12.9. The molecule has 2 fully saturated rings. The number of imide groups is 1. The van der Waals surface area contributed by atoms with E-state index in [1.807, 2.05) is 29.1 Å². The Bertz CT molecular complexity index is 949. The molecule has 1 saturated heterocycles. The van der Waals surface area contributed by atoms with Crippen molar-refractivity contribution in [2.75, 3.05) is 11.9 Å². The van der Waals surface area contributed by atoms with Crippen molar-refractivity contribution in [2.24, 2.45) is 5.92 Å². The summed E-state index contributed by atoms with van der Waals surface area (Å²) in [7, 11) is 0. The summed E-state index contributed by atoms with van der Waals surface area (Å²) in [6, 6.07) is 8.35. The van der Waals surface area contributed by atoms with Crippen LogP contribution in [-0.2, 0) is 9.59 Å². The molecule has 1 saturated carbocycles. The first-order valence-corrected chi connectivity index (χ1v) is 10.1. The summed E-state index contributed by atoms with van der Waals surface area (Å²) in [5.41, 5.74) is 0.398. The molecule has 7 nitrogen and oxygen atoms in total. The topological polar surface area (TPSA) is 83.4 Å². The summed E-state index contributed by atoms with van der Waals surface area (Å²) >= 11 is 6.11. The number of aromatic nitrogens is 1. The van der Waals surface area contributed by atoms with Crippen LogP contribution in [0.4, 0.5) is 10.5 Å². The number of benzene rings is 1. The lowest BCUT2D eigenvalue weighted by atomic mass is 9.77. The summed E-state index contributed by atoms with van der Waals surface area (Å²) < 4.78 is 1.83. The maximum Gasteiger partial charge on any atom is 0.325 e. The van der Waals surface area contributed by atoms with Crippen molar-refractivity contribution in [3.8, 4) is 5.69 Å². The van der Waals surface area contributed by atoms with E-state index in [4.69, 9.17) is 11.6 Å². The van der Waals surface area contributed by atoms with Gasteiger partial charge in [0.25, 0.3) is 5.91 Å². The third kappa shape index (κ3) is 3.74. The molecule has 29 heavy (non-hydrogen) atoms. The first kappa shape index (κ1) is 19.5. The third-order valence-corrected chi connectivity index (χ3v) is 6.03. The van der Waals surface area contributed by atoms with Gasteiger partial charge in [-0.15, -0.1) is 0 Å². The van der Waals surface area contributed by atoms with Crippen LogP contribution in [-0.4, -0.2) is 39.4 Å². The molecule has 2 aliphatic rings. The number of urea groups is 1. The van der Waals surface area contributed by atoms with Crippen molar-refractivity contribution in [2.45, 2.75) is 38.1 Å². The molecule has 1 aliphatic carbocycles. The highest BCUT2D eigenvalue weighted by Gasteiger charge is 2.52. The third-order valence-electron chi connectivity index (χ3n) is 5.79. The second-order valence-corrected chi connectivity index (χ2v) is 8.32. The Morgan fingerprint density at radius 1 is 1.24 bits per heavy atom. The average molecular weight is 415 g/mol. The van der Waals surface area contributed by atoms with Crippen LogP contribution in [0.1, 0.15) is 32.6 Å². The smallest absolute Gasteiger partial charge is 0.323 e. The van der Waals surface area contributed by atoms with Gasteiger partial charge in [0, 0.05) is 17.4 Å². The van der Waals surface area contributed by atoms with Crippen LogP contribution in [0.2, 0.25) is 5.02 Å². The number of hydrogen-bond donors (Lipinski definition) is 2. The molecule has 1 aromatic carbocycles. The molecular weight excluding hydrogens is 392 g/mol. The SMILES string of the molecule is CC1CCC2(CC1)NC(=O)N(CC(=O)Nc1ccc(Cl)cc1-n1cccc1)C2=O. The van der Waals surface area contributed by atoms with E-state index >= 15 is 0 Å². The first-order valence-electron chi connectivity index (χ1n) is 9.75. The van der Waals surface area contributed by atoms with Crippen LogP contribution < -0.4 is 10.6 Å². The van der Waals surface area contributed by atoms with E-state index < -0.39 is 17.5 Å². The number of halogens is 1. The van der Waals surface area contributed by atoms with Crippen LogP contribution in [0.5, 0.6) is 0 Å². The number of nitrogens with zero attached hydrogens (tertiary/aromatic N) is 2. The Labute approximate surface area is 174 Å². The molecule has 1 aliphatic heterocycles. The fraction of sp³-hybridized carbons (Fsp3) is 0.381. The zero-order chi connectivity index (χ0) is 20.6. The summed E-state index contributed by atoms with van der Waals surface area (Å²) in [6.07, 6.45) is 6.69. The Balaban J connectivity index is 1.48. The van der Waals surface area contributed by atoms with Gasteiger partial charge in [-0.25, -0.2) is 4.79 Å². The molecule has 1 spiro atoms. The van der Waals surface area contributed by atoms with Crippen LogP contribution >= 0.6 is 11.6 Å². The van der Waals surface area contributed by atoms with Crippen molar-refractivity contribution < 1.29 is 14.4 Å². The largest absolute Gasteiger partial charge is 0.325 e. The number of amides is 4. The molecule has 0 radical (unpaired) electrons. The lowest BCUT2D eigenvalue weighted by molar-refractivity contribution is -0.135. The van der Waals surface area contributed by atoms with E-state index in [1.165, 1.54) is 0 Å². The van der Waals surface area contributed by atoms with Gasteiger partial charge in [-0.2, -0.15) is 0 Å². The Hall–Kier alpha value is -2.80. The van der Waals surface area contributed by atoms with Crippen LogP contribution in [0, 0.1) is 5.92 Å². The van der Waals surface area contributed by atoms with Crippen molar-refractivity contribution in [1.82, 2.24) is 14.8 Å². The van der Waals surface area contributed by atoms with Crippen LogP contribution in [0.25, 0.3) is 5.69 Å². The summed E-state index contributed by atoms with van der Waals surface area (Å²) in [4.78, 5) is 39.0. The summed E-state index contributed by atoms with van der Waals surface area (Å²) in [5, 5.41) is 6.17. The van der Waals surface area contributed by atoms with Crippen LogP contribution in [0.15, 0.2) is 42.7 Å². The molecule has 2 heterocycles. The monoisotopic (exact) mass is 414 g/mol. The first-order chi connectivity index (χ1) is 13.9. The zero-order valence-electron chi connectivity index (χ0n) is 16.2. The zero-order valence-corrected chi connectivity index (χ0v) is 16.9. The van der Waals surface area contributed by atoms with Gasteiger partial charge in [0.1, 0.15) is 12.1 Å². The number of nitrogens with one attached hydrogen (secondary N) is 2. The maximum atomic E-state index is 12.9. The van der Waals surface area contributed by atoms with Gasteiger partial charge < -0.3 is 15.2 Å². The molecule has 4 amide bonds. The molecular formula is C21H23ClN4O3. The number of carbonyl (C=O) groups is 3. The molecule has 1 aromatic heterocycles. The van der Waals surface area contributed by atoms with E-state index in [-0.39, 0.29) is 12.5 Å². The Morgan fingerprint density at radius 2 is 1.93 bits per heavy atom. The highest BCUT2D eigenvalue weighted by molar-refractivity contribution is 6.31. The number of anilines is 1. The van der Waals surface area contributed by atoms with Gasteiger partial charge in [0.15, 0.2) is 0 Å². The molecule has 2 N–H and O–H groups in total. The normalized spacial score (nSPS) is 24.1. The highest BCUT2D eigenvalue weighted by atomic mass is 35.5. The second kappa shape index (κ2) is 7.55. The average Bonchev–Trinajstić information content (AvgIpc) is 3.30. The lowest BCUT2D eigenvalue weighted by Crippen LogP contribution is -2.49. The molecule has 2 aromatic rings. The fourth-order valence-corrected chi connectivity index (χ4v) is 4.23. The molecule has 4 rings (SSSR count). The summed E-state index contributed by atoms with van der Waals surface area (Å²) in [5.74, 6) is -0.198. The van der Waals surface area contributed by atoms with Gasteiger partial charge >= 0.3 is 6.03 Å². The van der Waals surface area contributed by atoms with E-state index in [1.54, 1.807) is 18.2 Å². The van der Waals surface area contributed by atoms with Crippen molar-refractivity contribution in [1.29, 1.82) is 0 Å². The van der Waals surface area contributed by atoms with E-state index in [9.17, 15) is 14.4 Å². The Kier molecular flexibility index (Phi) is 5.08. The standard InChI is InChI=1S/C21H23ClN4O3/c1-14-6-8-21(9-7-14)19(28)26(20(29)24-21)13-18(27)23-16-5-4-15(22)12-17(16)25-10-2-3-11-25/h2-5,10-12,14H,6-9,13H2,1H3,(H,23,27)(H,24,29). The lowest BCUT2D eigenvalue weighted by Gasteiger charge is -2.33. The summed E-state index contributed by atoms with van der Waals surface area (Å²) in [6.45, 7) is 1.82. The minimum absolute atomic E-state index is 0.300. The molecule has 0 unspecified atom stereocenters. The quantitative estimate of drug-likeness (QED) is 0.750. The van der Waals surface area contributed by atoms with Gasteiger partial charge in [-0.1, -0.05) is 18.5 Å². The van der Waals surface area contributed by atoms with E-state index in [0.29, 0.717) is 35.2 Å². The van der Waals surface area contributed by atoms with Crippen molar-refractivity contribution in [3.05, 3.63) is 47.7 Å². The Morgan fingerprint density at radius 3 is 2.62 bits per heavy atom. The number of rotatable bonds is 4. The van der Waals surface area contributed by atoms with E-state index in [2.05, 4.69) is 17.6 Å². The van der Waals surface area contributed by atoms with Gasteiger partial charge in [0.2, 0.25) is 5.91 Å². The minimum atomic E-state index is -0.847. The van der Waals surface area contributed by atoms with Crippen molar-refractivity contribution in [3.63, 3.8) is 0 Å². The van der Waals surface area contributed by atoms with Gasteiger partial charge in [-0.3, -0.25) is 14.5 Å².